The molecule has 0 aliphatic heterocycles. The molecule has 21 heavy (non-hydrogen) atoms. The molecule has 1 N–H and O–H groups in total. The highest BCUT2D eigenvalue weighted by Gasteiger charge is 2.16. The van der Waals surface area contributed by atoms with Crippen LogP contribution < -0.4 is 0 Å². The maximum Gasteiger partial charge on any atom is 0.328 e. The van der Waals surface area contributed by atoms with Crippen molar-refractivity contribution in [2.75, 3.05) is 7.05 Å². The Labute approximate surface area is 130 Å². The van der Waals surface area contributed by atoms with Gasteiger partial charge in [-0.2, -0.15) is 0 Å². The van der Waals surface area contributed by atoms with Crippen molar-refractivity contribution in [1.82, 2.24) is 4.90 Å². The maximum atomic E-state index is 12.1. The number of carbonyl (C=O) groups excluding carboxylic acids is 1. The summed E-state index contributed by atoms with van der Waals surface area (Å²) in [6.07, 6.45) is 2.59. The molecule has 2 aromatic rings. The number of halogens is 1. The Bertz CT molecular complexity index is 689. The monoisotopic (exact) mass is 325 g/mol. The van der Waals surface area contributed by atoms with Gasteiger partial charge in [0, 0.05) is 18.0 Å². The van der Waals surface area contributed by atoms with E-state index < -0.39 is 5.97 Å². The summed E-state index contributed by atoms with van der Waals surface area (Å²) in [6.45, 7) is 0.405. The summed E-state index contributed by atoms with van der Waals surface area (Å²) in [5.41, 5.74) is 0.791. The molecule has 2 aromatic heterocycles. The fourth-order valence-corrected chi connectivity index (χ4v) is 2.71. The lowest BCUT2D eigenvalue weighted by Crippen LogP contribution is -2.25. The summed E-state index contributed by atoms with van der Waals surface area (Å²) >= 11 is 7.09. The maximum absolute atomic E-state index is 12.1. The predicted octanol–water partition coefficient (Wildman–Crippen LogP) is 3.36. The first-order valence-corrected chi connectivity index (χ1v) is 7.20. The summed E-state index contributed by atoms with van der Waals surface area (Å²) in [7, 11) is 1.66. The van der Waals surface area contributed by atoms with E-state index in [0.717, 1.165) is 16.5 Å². The normalized spacial score (nSPS) is 11.0. The molecular formula is C14H12ClNO4S. The molecule has 0 aliphatic carbocycles. The smallest absolute Gasteiger partial charge is 0.328 e. The zero-order chi connectivity index (χ0) is 15.4. The highest BCUT2D eigenvalue weighted by atomic mass is 35.5. The van der Waals surface area contributed by atoms with Gasteiger partial charge in [-0.1, -0.05) is 0 Å². The molecule has 110 valence electrons. The summed E-state index contributed by atoms with van der Waals surface area (Å²) in [4.78, 5) is 25.0. The van der Waals surface area contributed by atoms with Gasteiger partial charge in [0.05, 0.1) is 6.54 Å². The van der Waals surface area contributed by atoms with Crippen LogP contribution in [0.1, 0.15) is 21.0 Å². The van der Waals surface area contributed by atoms with Crippen molar-refractivity contribution in [3.8, 4) is 0 Å². The molecule has 0 aliphatic rings. The van der Waals surface area contributed by atoms with Crippen molar-refractivity contribution in [2.45, 2.75) is 6.54 Å². The molecule has 0 aromatic carbocycles. The third-order valence-corrected chi connectivity index (χ3v) is 3.76. The topological polar surface area (TPSA) is 70.8 Å². The molecule has 0 unspecified atom stereocenters. The molecule has 1 amide bonds. The molecule has 0 atom stereocenters. The van der Waals surface area contributed by atoms with Gasteiger partial charge in [-0.05, 0) is 46.8 Å². The van der Waals surface area contributed by atoms with Crippen molar-refractivity contribution >= 4 is 40.9 Å². The standard InChI is InChI=1S/C14H12ClNO4S/c1-16(14(19)11-3-4-12(15)20-11)7-10-6-9(8-21-10)2-5-13(17)18/h2-6,8H,7H2,1H3,(H,17,18). The van der Waals surface area contributed by atoms with Crippen molar-refractivity contribution < 1.29 is 19.1 Å². The predicted molar refractivity (Wildman–Crippen MR) is 80.5 cm³/mol. The van der Waals surface area contributed by atoms with E-state index in [-0.39, 0.29) is 16.9 Å². The number of carboxylic acids is 1. The van der Waals surface area contributed by atoms with Gasteiger partial charge in [-0.3, -0.25) is 4.79 Å². The second kappa shape index (κ2) is 6.60. The molecule has 0 spiro atoms. The van der Waals surface area contributed by atoms with Crippen LogP contribution in [-0.4, -0.2) is 28.9 Å². The number of hydrogen-bond acceptors (Lipinski definition) is 4. The van der Waals surface area contributed by atoms with E-state index in [1.165, 1.54) is 34.4 Å². The van der Waals surface area contributed by atoms with E-state index in [1.807, 2.05) is 11.4 Å². The molecule has 0 saturated carbocycles. The first-order chi connectivity index (χ1) is 9.95. The van der Waals surface area contributed by atoms with Crippen LogP contribution in [0.3, 0.4) is 0 Å². The number of carboxylic acid groups (broad SMARTS) is 1. The minimum atomic E-state index is -0.996. The zero-order valence-corrected chi connectivity index (χ0v) is 12.6. The van der Waals surface area contributed by atoms with Crippen LogP contribution in [0.15, 0.2) is 34.1 Å². The van der Waals surface area contributed by atoms with Crippen LogP contribution in [0.4, 0.5) is 0 Å². The number of thiophene rings is 1. The Morgan fingerprint density at radius 1 is 1.48 bits per heavy atom. The summed E-state index contributed by atoms with van der Waals surface area (Å²) in [5, 5.41) is 10.6. The average Bonchev–Trinajstić information content (AvgIpc) is 3.04. The van der Waals surface area contributed by atoms with Crippen molar-refractivity contribution in [2.24, 2.45) is 0 Å². The lowest BCUT2D eigenvalue weighted by Gasteiger charge is -2.14. The van der Waals surface area contributed by atoms with Gasteiger partial charge in [0.25, 0.3) is 5.91 Å². The van der Waals surface area contributed by atoms with Crippen LogP contribution in [-0.2, 0) is 11.3 Å². The van der Waals surface area contributed by atoms with Crippen LogP contribution in [0.25, 0.3) is 6.08 Å². The van der Waals surface area contributed by atoms with E-state index >= 15 is 0 Å². The fraction of sp³-hybridized carbons (Fsp3) is 0.143. The largest absolute Gasteiger partial charge is 0.478 e. The molecule has 2 rings (SSSR count). The van der Waals surface area contributed by atoms with Gasteiger partial charge < -0.3 is 14.4 Å². The summed E-state index contributed by atoms with van der Waals surface area (Å²) in [6, 6.07) is 4.88. The first kappa shape index (κ1) is 15.3. The average molecular weight is 326 g/mol. The Morgan fingerprint density at radius 3 is 2.86 bits per heavy atom. The number of hydrogen-bond donors (Lipinski definition) is 1. The summed E-state index contributed by atoms with van der Waals surface area (Å²) < 4.78 is 5.08. The number of carbonyl (C=O) groups is 2. The highest BCUT2D eigenvalue weighted by molar-refractivity contribution is 7.10. The molecule has 0 fully saturated rings. The molecule has 7 heteroatoms. The molecule has 0 radical (unpaired) electrons. The summed E-state index contributed by atoms with van der Waals surface area (Å²) in [5.74, 6) is -1.08. The van der Waals surface area contributed by atoms with Crippen LogP contribution in [0, 0.1) is 0 Å². The van der Waals surface area contributed by atoms with Crippen LogP contribution in [0.2, 0.25) is 5.22 Å². The van der Waals surface area contributed by atoms with Gasteiger partial charge >= 0.3 is 5.97 Å². The molecular weight excluding hydrogens is 314 g/mol. The second-order valence-corrected chi connectivity index (χ2v) is 5.65. The van der Waals surface area contributed by atoms with Crippen LogP contribution >= 0.6 is 22.9 Å². The quantitative estimate of drug-likeness (QED) is 0.856. The first-order valence-electron chi connectivity index (χ1n) is 5.95. The zero-order valence-electron chi connectivity index (χ0n) is 11.1. The third kappa shape index (κ3) is 4.21. The fourth-order valence-electron chi connectivity index (χ4n) is 1.66. The Morgan fingerprint density at radius 2 is 2.24 bits per heavy atom. The van der Waals surface area contributed by atoms with E-state index in [4.69, 9.17) is 21.1 Å². The molecule has 0 bridgehead atoms. The Balaban J connectivity index is 2.01. The number of furan rings is 1. The second-order valence-electron chi connectivity index (χ2n) is 4.28. The number of aliphatic carboxylic acids is 1. The number of amides is 1. The molecule has 0 saturated heterocycles. The minimum Gasteiger partial charge on any atom is -0.478 e. The van der Waals surface area contributed by atoms with E-state index in [0.29, 0.717) is 6.54 Å². The molecule has 2 heterocycles. The molecule has 5 nitrogen and oxygen atoms in total. The highest BCUT2D eigenvalue weighted by Crippen LogP contribution is 2.20. The van der Waals surface area contributed by atoms with E-state index in [1.54, 1.807) is 7.05 Å². The van der Waals surface area contributed by atoms with Crippen molar-refractivity contribution in [3.05, 3.63) is 51.1 Å². The Kier molecular flexibility index (Phi) is 4.82. The van der Waals surface area contributed by atoms with Gasteiger partial charge in [-0.25, -0.2) is 4.79 Å². The van der Waals surface area contributed by atoms with Gasteiger partial charge in [0.15, 0.2) is 11.0 Å². The van der Waals surface area contributed by atoms with Crippen molar-refractivity contribution in [1.29, 1.82) is 0 Å². The van der Waals surface area contributed by atoms with Gasteiger partial charge in [0.2, 0.25) is 0 Å². The Hall–Kier alpha value is -2.05. The third-order valence-electron chi connectivity index (χ3n) is 2.62. The van der Waals surface area contributed by atoms with Gasteiger partial charge in [0.1, 0.15) is 0 Å². The van der Waals surface area contributed by atoms with E-state index in [2.05, 4.69) is 0 Å². The minimum absolute atomic E-state index is 0.170. The van der Waals surface area contributed by atoms with Crippen molar-refractivity contribution in [3.63, 3.8) is 0 Å². The SMILES string of the molecule is CN(Cc1cc(C=CC(=O)O)cs1)C(=O)c1ccc(Cl)o1. The lowest BCUT2D eigenvalue weighted by molar-refractivity contribution is -0.131. The lowest BCUT2D eigenvalue weighted by atomic mass is 10.2. The van der Waals surface area contributed by atoms with Gasteiger partial charge in [-0.15, -0.1) is 11.3 Å². The number of rotatable bonds is 5. The number of nitrogens with zero attached hydrogens (tertiary/aromatic N) is 1. The van der Waals surface area contributed by atoms with E-state index in [9.17, 15) is 9.59 Å². The van der Waals surface area contributed by atoms with Crippen LogP contribution in [0.5, 0.6) is 0 Å².